The lowest BCUT2D eigenvalue weighted by Gasteiger charge is -2.08. The third kappa shape index (κ3) is 5.33. The van der Waals surface area contributed by atoms with Crippen LogP contribution in [0.5, 0.6) is 5.75 Å². The number of rotatable bonds is 7. The van der Waals surface area contributed by atoms with E-state index in [0.29, 0.717) is 11.4 Å². The van der Waals surface area contributed by atoms with Crippen molar-refractivity contribution in [3.8, 4) is 5.75 Å². The summed E-state index contributed by atoms with van der Waals surface area (Å²) in [6.07, 6.45) is 0.0497. The third-order valence-electron chi connectivity index (χ3n) is 4.14. The number of carbonyl (C=O) groups is 1. The summed E-state index contributed by atoms with van der Waals surface area (Å²) in [7, 11) is -2.26. The number of anilines is 2. The summed E-state index contributed by atoms with van der Waals surface area (Å²) in [6.45, 7) is 3.92. The third-order valence-corrected chi connectivity index (χ3v) is 6.43. The molecule has 0 saturated heterocycles. The fraction of sp³-hybridized carbons (Fsp3) is 0.200. The first-order valence-corrected chi connectivity index (χ1v) is 11.1. The molecular formula is C20H21N3O4S2. The monoisotopic (exact) mass is 431 g/mol. The largest absolute Gasteiger partial charge is 0.497 e. The van der Waals surface area contributed by atoms with Crippen molar-refractivity contribution in [3.05, 3.63) is 64.7 Å². The van der Waals surface area contributed by atoms with Crippen molar-refractivity contribution < 1.29 is 17.9 Å². The van der Waals surface area contributed by atoms with Crippen LogP contribution in [0.4, 0.5) is 10.8 Å². The number of sulfonamides is 1. The Labute approximate surface area is 173 Å². The SMILES string of the molecule is COc1ccc(S(=O)(=O)Nc2nc(CC(=O)Nc3ccc(C)cc3C)cs2)cc1. The van der Waals surface area contributed by atoms with E-state index in [4.69, 9.17) is 4.74 Å². The molecule has 1 amide bonds. The second kappa shape index (κ2) is 8.62. The van der Waals surface area contributed by atoms with Gasteiger partial charge in [0.25, 0.3) is 10.0 Å². The highest BCUT2D eigenvalue weighted by atomic mass is 32.2. The van der Waals surface area contributed by atoms with Crippen molar-refractivity contribution in [1.82, 2.24) is 4.98 Å². The highest BCUT2D eigenvalue weighted by Crippen LogP contribution is 2.22. The number of benzene rings is 2. The van der Waals surface area contributed by atoms with Crippen molar-refractivity contribution in [2.24, 2.45) is 0 Å². The topological polar surface area (TPSA) is 97.4 Å². The van der Waals surface area contributed by atoms with Gasteiger partial charge in [-0.05, 0) is 49.7 Å². The van der Waals surface area contributed by atoms with E-state index in [1.54, 1.807) is 17.5 Å². The van der Waals surface area contributed by atoms with Gasteiger partial charge >= 0.3 is 0 Å². The normalized spacial score (nSPS) is 11.1. The molecule has 1 aromatic heterocycles. The molecule has 0 bridgehead atoms. The Morgan fingerprint density at radius 2 is 1.86 bits per heavy atom. The van der Waals surface area contributed by atoms with Gasteiger partial charge in [-0.2, -0.15) is 0 Å². The second-order valence-electron chi connectivity index (χ2n) is 6.47. The molecular weight excluding hydrogens is 410 g/mol. The second-order valence-corrected chi connectivity index (χ2v) is 9.01. The summed E-state index contributed by atoms with van der Waals surface area (Å²) >= 11 is 1.13. The first kappa shape index (κ1) is 20.8. The minimum Gasteiger partial charge on any atom is -0.497 e. The molecule has 7 nitrogen and oxygen atoms in total. The van der Waals surface area contributed by atoms with Crippen LogP contribution in [-0.4, -0.2) is 26.4 Å². The van der Waals surface area contributed by atoms with Crippen molar-refractivity contribution in [2.45, 2.75) is 25.2 Å². The maximum Gasteiger partial charge on any atom is 0.263 e. The number of nitrogens with one attached hydrogen (secondary N) is 2. The van der Waals surface area contributed by atoms with Crippen molar-refractivity contribution >= 4 is 38.1 Å². The number of aromatic nitrogens is 1. The Morgan fingerprint density at radius 3 is 2.52 bits per heavy atom. The van der Waals surface area contributed by atoms with E-state index in [2.05, 4.69) is 15.0 Å². The predicted octanol–water partition coefficient (Wildman–Crippen LogP) is 3.75. The van der Waals surface area contributed by atoms with Crippen LogP contribution in [0.3, 0.4) is 0 Å². The Balaban J connectivity index is 1.64. The molecule has 1 heterocycles. The van der Waals surface area contributed by atoms with Crippen LogP contribution in [0, 0.1) is 13.8 Å². The molecule has 9 heteroatoms. The van der Waals surface area contributed by atoms with Crippen molar-refractivity contribution in [2.75, 3.05) is 17.1 Å². The average Bonchev–Trinajstić information content (AvgIpc) is 3.10. The van der Waals surface area contributed by atoms with E-state index in [9.17, 15) is 13.2 Å². The number of methoxy groups -OCH3 is 1. The Morgan fingerprint density at radius 1 is 1.14 bits per heavy atom. The maximum absolute atomic E-state index is 12.5. The number of amides is 1. The Kier molecular flexibility index (Phi) is 6.19. The summed E-state index contributed by atoms with van der Waals surface area (Å²) < 4.78 is 32.4. The minimum atomic E-state index is -3.77. The molecule has 3 rings (SSSR count). The number of hydrogen-bond donors (Lipinski definition) is 2. The average molecular weight is 432 g/mol. The molecule has 0 spiro atoms. The van der Waals surface area contributed by atoms with Crippen molar-refractivity contribution in [1.29, 1.82) is 0 Å². The highest BCUT2D eigenvalue weighted by molar-refractivity contribution is 7.93. The predicted molar refractivity (Wildman–Crippen MR) is 114 cm³/mol. The number of nitrogens with zero attached hydrogens (tertiary/aromatic N) is 1. The summed E-state index contributed by atoms with van der Waals surface area (Å²) in [5.74, 6) is 0.349. The molecule has 0 saturated carbocycles. The lowest BCUT2D eigenvalue weighted by atomic mass is 10.1. The summed E-state index contributed by atoms with van der Waals surface area (Å²) in [5, 5.41) is 4.72. The molecule has 3 aromatic rings. The van der Waals surface area contributed by atoms with Crippen LogP contribution in [0.2, 0.25) is 0 Å². The zero-order valence-corrected chi connectivity index (χ0v) is 17.9. The number of aryl methyl sites for hydroxylation is 2. The molecule has 0 fully saturated rings. The van der Waals surface area contributed by atoms with Gasteiger partial charge in [0.15, 0.2) is 5.13 Å². The number of carbonyl (C=O) groups excluding carboxylic acids is 1. The number of ether oxygens (including phenoxy) is 1. The molecule has 0 aliphatic carbocycles. The van der Waals surface area contributed by atoms with Gasteiger partial charge in [-0.3, -0.25) is 9.52 Å². The van der Waals surface area contributed by atoms with Gasteiger partial charge in [-0.15, -0.1) is 11.3 Å². The van der Waals surface area contributed by atoms with E-state index in [0.717, 1.165) is 28.2 Å². The molecule has 0 unspecified atom stereocenters. The number of hydrogen-bond acceptors (Lipinski definition) is 6. The van der Waals surface area contributed by atoms with Crippen LogP contribution in [0.25, 0.3) is 0 Å². The van der Waals surface area contributed by atoms with E-state index in [1.807, 2.05) is 32.0 Å². The lowest BCUT2D eigenvalue weighted by molar-refractivity contribution is -0.115. The molecule has 2 N–H and O–H groups in total. The molecule has 2 aromatic carbocycles. The van der Waals surface area contributed by atoms with Crippen LogP contribution in [0.1, 0.15) is 16.8 Å². The van der Waals surface area contributed by atoms with E-state index in [1.165, 1.54) is 19.2 Å². The van der Waals surface area contributed by atoms with Crippen molar-refractivity contribution in [3.63, 3.8) is 0 Å². The van der Waals surface area contributed by atoms with Crippen LogP contribution >= 0.6 is 11.3 Å². The molecule has 0 aliphatic rings. The van der Waals surface area contributed by atoms with Crippen LogP contribution in [0.15, 0.2) is 52.7 Å². The van der Waals surface area contributed by atoms with Gasteiger partial charge in [0.05, 0.1) is 24.1 Å². The van der Waals surface area contributed by atoms with E-state index in [-0.39, 0.29) is 22.4 Å². The van der Waals surface area contributed by atoms with Gasteiger partial charge < -0.3 is 10.1 Å². The fourth-order valence-corrected chi connectivity index (χ4v) is 4.64. The Bertz CT molecular complexity index is 1120. The first-order chi connectivity index (χ1) is 13.8. The van der Waals surface area contributed by atoms with Gasteiger partial charge in [0.1, 0.15) is 5.75 Å². The molecule has 152 valence electrons. The molecule has 0 radical (unpaired) electrons. The van der Waals surface area contributed by atoms with Crippen LogP contribution in [-0.2, 0) is 21.2 Å². The standard InChI is InChI=1S/C20H21N3O4S2/c1-13-4-9-18(14(2)10-13)22-19(24)11-15-12-28-20(21-15)23-29(25,26)17-7-5-16(27-3)6-8-17/h4-10,12H,11H2,1-3H3,(H,21,23)(H,22,24). The van der Waals surface area contributed by atoms with Gasteiger partial charge in [0, 0.05) is 11.1 Å². The molecule has 0 atom stereocenters. The van der Waals surface area contributed by atoms with Gasteiger partial charge in [-0.25, -0.2) is 13.4 Å². The summed E-state index contributed by atoms with van der Waals surface area (Å²) in [5.41, 5.74) is 3.33. The molecule has 29 heavy (non-hydrogen) atoms. The first-order valence-electron chi connectivity index (χ1n) is 8.75. The van der Waals surface area contributed by atoms with E-state index >= 15 is 0 Å². The summed E-state index contributed by atoms with van der Waals surface area (Å²) in [4.78, 5) is 16.6. The zero-order chi connectivity index (χ0) is 21.0. The number of thiazole rings is 1. The maximum atomic E-state index is 12.5. The van der Waals surface area contributed by atoms with Gasteiger partial charge in [-0.1, -0.05) is 17.7 Å². The van der Waals surface area contributed by atoms with E-state index < -0.39 is 10.0 Å². The van der Waals surface area contributed by atoms with Crippen LogP contribution < -0.4 is 14.8 Å². The molecule has 0 aliphatic heterocycles. The van der Waals surface area contributed by atoms with Gasteiger partial charge in [0.2, 0.25) is 5.91 Å². The lowest BCUT2D eigenvalue weighted by Crippen LogP contribution is -2.16. The zero-order valence-electron chi connectivity index (χ0n) is 16.2. The highest BCUT2D eigenvalue weighted by Gasteiger charge is 2.17. The quantitative estimate of drug-likeness (QED) is 0.594. The summed E-state index contributed by atoms with van der Waals surface area (Å²) in [6, 6.07) is 11.8. The fourth-order valence-electron chi connectivity index (χ4n) is 2.68. The minimum absolute atomic E-state index is 0.0497. The smallest absolute Gasteiger partial charge is 0.263 e. The Hall–Kier alpha value is -2.91.